The minimum atomic E-state index is 0.762. The van der Waals surface area contributed by atoms with Crippen molar-refractivity contribution in [3.8, 4) is 0 Å². The van der Waals surface area contributed by atoms with Gasteiger partial charge < -0.3 is 0 Å². The number of aryl methyl sites for hydroxylation is 6. The Morgan fingerprint density at radius 2 is 0.812 bits per heavy atom. The van der Waals surface area contributed by atoms with Crippen LogP contribution in [0.1, 0.15) is 72.9 Å². The van der Waals surface area contributed by atoms with Gasteiger partial charge in [-0.2, -0.15) is 0 Å². The van der Waals surface area contributed by atoms with E-state index in [1.54, 1.807) is 11.1 Å². The van der Waals surface area contributed by atoms with E-state index in [-0.39, 0.29) is 0 Å². The molecule has 0 spiro atoms. The fourth-order valence-electron chi connectivity index (χ4n) is 4.47. The summed E-state index contributed by atoms with van der Waals surface area (Å²) in [6.07, 6.45) is 9.94. The molecule has 3 aromatic carbocycles. The number of benzene rings is 3. The molecule has 0 saturated heterocycles. The standard InChI is InChI=1S/C32H42/c1-25-9-17-29(18-10-25)21-13-27(3)15-23-31-7-5-6-8-32(31)24-16-28(4)14-22-30-19-11-26(2)12-20-30/h5-12,17-20,27-28H,13-16,21-24H2,1-4H3. The van der Waals surface area contributed by atoms with Crippen LogP contribution in [-0.2, 0) is 25.7 Å². The van der Waals surface area contributed by atoms with E-state index >= 15 is 0 Å². The first kappa shape index (κ1) is 24.3. The van der Waals surface area contributed by atoms with Gasteiger partial charge in [0.2, 0.25) is 0 Å². The normalized spacial score (nSPS) is 13.1. The van der Waals surface area contributed by atoms with Crippen molar-refractivity contribution in [3.63, 3.8) is 0 Å². The minimum absolute atomic E-state index is 0.762. The highest BCUT2D eigenvalue weighted by Gasteiger charge is 2.09. The van der Waals surface area contributed by atoms with Crippen LogP contribution >= 0.6 is 0 Å². The summed E-state index contributed by atoms with van der Waals surface area (Å²) >= 11 is 0. The van der Waals surface area contributed by atoms with Crippen molar-refractivity contribution in [3.05, 3.63) is 106 Å². The first-order valence-corrected chi connectivity index (χ1v) is 12.7. The van der Waals surface area contributed by atoms with Crippen molar-refractivity contribution in [1.82, 2.24) is 0 Å². The average Bonchev–Trinajstić information content (AvgIpc) is 2.81. The first-order valence-electron chi connectivity index (χ1n) is 12.7. The Kier molecular flexibility index (Phi) is 9.60. The van der Waals surface area contributed by atoms with Crippen LogP contribution in [0.4, 0.5) is 0 Å². The second-order valence-electron chi connectivity index (χ2n) is 10.1. The molecular weight excluding hydrogens is 384 g/mol. The zero-order valence-corrected chi connectivity index (χ0v) is 20.7. The fraction of sp³-hybridized carbons (Fsp3) is 0.438. The number of hydrogen-bond donors (Lipinski definition) is 0. The summed E-state index contributed by atoms with van der Waals surface area (Å²) in [5, 5.41) is 0. The van der Waals surface area contributed by atoms with Gasteiger partial charge in [-0.25, -0.2) is 0 Å². The highest BCUT2D eigenvalue weighted by atomic mass is 14.1. The molecule has 0 fully saturated rings. The molecule has 0 saturated carbocycles. The highest BCUT2D eigenvalue weighted by Crippen LogP contribution is 2.22. The summed E-state index contributed by atoms with van der Waals surface area (Å²) in [7, 11) is 0. The highest BCUT2D eigenvalue weighted by molar-refractivity contribution is 5.27. The van der Waals surface area contributed by atoms with Crippen LogP contribution in [0.15, 0.2) is 72.8 Å². The molecule has 0 aliphatic rings. The van der Waals surface area contributed by atoms with Gasteiger partial charge in [0.15, 0.2) is 0 Å². The third-order valence-electron chi connectivity index (χ3n) is 7.02. The molecule has 2 atom stereocenters. The maximum Gasteiger partial charge on any atom is -0.0274 e. The molecule has 0 aliphatic carbocycles. The zero-order valence-electron chi connectivity index (χ0n) is 20.7. The van der Waals surface area contributed by atoms with Crippen LogP contribution < -0.4 is 0 Å². The monoisotopic (exact) mass is 426 g/mol. The number of hydrogen-bond acceptors (Lipinski definition) is 0. The Morgan fingerprint density at radius 1 is 0.469 bits per heavy atom. The van der Waals surface area contributed by atoms with Gasteiger partial charge >= 0.3 is 0 Å². The summed E-state index contributed by atoms with van der Waals surface area (Å²) in [6.45, 7) is 9.16. The van der Waals surface area contributed by atoms with Crippen molar-refractivity contribution in [2.24, 2.45) is 11.8 Å². The molecule has 2 unspecified atom stereocenters. The van der Waals surface area contributed by atoms with Gasteiger partial charge in [0, 0.05) is 0 Å². The second-order valence-corrected chi connectivity index (χ2v) is 10.1. The molecular formula is C32H42. The van der Waals surface area contributed by atoms with E-state index in [2.05, 4.69) is 100 Å². The summed E-state index contributed by atoms with van der Waals surface area (Å²) in [5.41, 5.74) is 8.79. The van der Waals surface area contributed by atoms with E-state index in [1.807, 2.05) is 0 Å². The second kappa shape index (κ2) is 12.6. The molecule has 0 nitrogen and oxygen atoms in total. The lowest BCUT2D eigenvalue weighted by molar-refractivity contribution is 0.483. The lowest BCUT2D eigenvalue weighted by atomic mass is 9.90. The third kappa shape index (κ3) is 8.30. The summed E-state index contributed by atoms with van der Waals surface area (Å²) in [4.78, 5) is 0. The maximum absolute atomic E-state index is 2.42. The lowest BCUT2D eigenvalue weighted by Gasteiger charge is -2.16. The Morgan fingerprint density at radius 3 is 1.19 bits per heavy atom. The van der Waals surface area contributed by atoms with E-state index in [4.69, 9.17) is 0 Å². The van der Waals surface area contributed by atoms with Gasteiger partial charge in [-0.05, 0) is 99.3 Å². The van der Waals surface area contributed by atoms with Gasteiger partial charge in [-0.15, -0.1) is 0 Å². The maximum atomic E-state index is 2.42. The van der Waals surface area contributed by atoms with Crippen LogP contribution in [0.3, 0.4) is 0 Å². The van der Waals surface area contributed by atoms with Crippen molar-refractivity contribution >= 4 is 0 Å². The van der Waals surface area contributed by atoms with Gasteiger partial charge in [0.05, 0.1) is 0 Å². The van der Waals surface area contributed by atoms with Gasteiger partial charge in [0.25, 0.3) is 0 Å². The smallest absolute Gasteiger partial charge is 0.0274 e. The lowest BCUT2D eigenvalue weighted by Crippen LogP contribution is -2.04. The van der Waals surface area contributed by atoms with Crippen LogP contribution in [0.25, 0.3) is 0 Å². The predicted molar refractivity (Wildman–Crippen MR) is 140 cm³/mol. The molecule has 0 aromatic heterocycles. The van der Waals surface area contributed by atoms with Crippen LogP contribution in [0, 0.1) is 25.7 Å². The Balaban J connectivity index is 1.42. The first-order chi connectivity index (χ1) is 15.5. The van der Waals surface area contributed by atoms with E-state index in [1.165, 1.54) is 73.6 Å². The van der Waals surface area contributed by atoms with E-state index in [0.29, 0.717) is 0 Å². The molecule has 0 N–H and O–H groups in total. The van der Waals surface area contributed by atoms with Crippen LogP contribution in [0.2, 0.25) is 0 Å². The largest absolute Gasteiger partial charge is 0.0625 e. The Labute approximate surface area is 197 Å². The molecule has 32 heavy (non-hydrogen) atoms. The van der Waals surface area contributed by atoms with Crippen molar-refractivity contribution in [2.75, 3.05) is 0 Å². The quantitative estimate of drug-likeness (QED) is 0.272. The van der Waals surface area contributed by atoms with Crippen LogP contribution in [0.5, 0.6) is 0 Å². The molecule has 0 bridgehead atoms. The minimum Gasteiger partial charge on any atom is -0.0625 e. The van der Waals surface area contributed by atoms with Crippen LogP contribution in [-0.4, -0.2) is 0 Å². The molecule has 0 radical (unpaired) electrons. The van der Waals surface area contributed by atoms with Crippen molar-refractivity contribution in [2.45, 2.75) is 79.1 Å². The number of rotatable bonds is 12. The molecule has 0 heteroatoms. The topological polar surface area (TPSA) is 0 Å². The van der Waals surface area contributed by atoms with E-state index < -0.39 is 0 Å². The molecule has 170 valence electrons. The molecule has 0 heterocycles. The van der Waals surface area contributed by atoms with Crippen molar-refractivity contribution < 1.29 is 0 Å². The Hall–Kier alpha value is -2.34. The molecule has 0 amide bonds. The third-order valence-corrected chi connectivity index (χ3v) is 7.02. The van der Waals surface area contributed by atoms with Gasteiger partial charge in [-0.3, -0.25) is 0 Å². The summed E-state index contributed by atoms with van der Waals surface area (Å²) < 4.78 is 0. The molecule has 0 aliphatic heterocycles. The van der Waals surface area contributed by atoms with Gasteiger partial charge in [-0.1, -0.05) is 97.8 Å². The molecule has 3 aromatic rings. The average molecular weight is 427 g/mol. The van der Waals surface area contributed by atoms with Crippen molar-refractivity contribution in [1.29, 1.82) is 0 Å². The van der Waals surface area contributed by atoms with E-state index in [9.17, 15) is 0 Å². The van der Waals surface area contributed by atoms with Gasteiger partial charge in [0.1, 0.15) is 0 Å². The SMILES string of the molecule is Cc1ccc(CCC(C)CCc2ccccc2CCC(C)CCc2ccc(C)cc2)cc1. The molecule has 3 rings (SSSR count). The fourth-order valence-corrected chi connectivity index (χ4v) is 4.47. The predicted octanol–water partition coefficient (Wildman–Crippen LogP) is 8.71. The summed E-state index contributed by atoms with van der Waals surface area (Å²) in [5.74, 6) is 1.52. The summed E-state index contributed by atoms with van der Waals surface area (Å²) in [6, 6.07) is 27.3. The zero-order chi connectivity index (χ0) is 22.8. The Bertz CT molecular complexity index is 839. The van der Waals surface area contributed by atoms with E-state index in [0.717, 1.165) is 11.8 Å².